The Labute approximate surface area is 216 Å². The first-order valence-electron chi connectivity index (χ1n) is 13.1. The predicted octanol–water partition coefficient (Wildman–Crippen LogP) is 5.15. The molecule has 0 saturated heterocycles. The Morgan fingerprint density at radius 2 is 1.69 bits per heavy atom. The molecule has 0 aliphatic heterocycles. The highest BCUT2D eigenvalue weighted by molar-refractivity contribution is 5.87. The van der Waals surface area contributed by atoms with E-state index in [2.05, 4.69) is 12.2 Å². The summed E-state index contributed by atoms with van der Waals surface area (Å²) >= 11 is 0. The monoisotopic (exact) mass is 498 g/mol. The molecule has 2 aromatic rings. The highest BCUT2D eigenvalue weighted by Crippen LogP contribution is 2.29. The van der Waals surface area contributed by atoms with E-state index in [1.165, 1.54) is 0 Å². The van der Waals surface area contributed by atoms with Crippen molar-refractivity contribution in [1.82, 2.24) is 10.2 Å². The maximum absolute atomic E-state index is 13.5. The van der Waals surface area contributed by atoms with Crippen LogP contribution in [0.25, 0.3) is 0 Å². The zero-order valence-electron chi connectivity index (χ0n) is 22.5. The average molecular weight is 499 g/mol. The van der Waals surface area contributed by atoms with Crippen LogP contribution < -0.4 is 19.5 Å². The topological polar surface area (TPSA) is 77.1 Å². The van der Waals surface area contributed by atoms with Crippen molar-refractivity contribution in [2.45, 2.75) is 72.4 Å². The number of carbonyl (C=O) groups excluding carboxylic acids is 2. The minimum Gasteiger partial charge on any atom is -0.497 e. The Balaban J connectivity index is 2.23. The molecule has 2 rings (SSSR count). The molecular weight excluding hydrogens is 456 g/mol. The lowest BCUT2D eigenvalue weighted by Crippen LogP contribution is -2.49. The molecule has 36 heavy (non-hydrogen) atoms. The predicted molar refractivity (Wildman–Crippen MR) is 143 cm³/mol. The third-order valence-electron chi connectivity index (χ3n) is 5.94. The zero-order chi connectivity index (χ0) is 26.3. The van der Waals surface area contributed by atoms with Gasteiger partial charge in [-0.2, -0.15) is 0 Å². The number of methoxy groups -OCH3 is 1. The van der Waals surface area contributed by atoms with E-state index in [4.69, 9.17) is 14.2 Å². The lowest BCUT2D eigenvalue weighted by molar-refractivity contribution is -0.141. The molecule has 0 aliphatic carbocycles. The van der Waals surface area contributed by atoms with Gasteiger partial charge in [0.2, 0.25) is 11.8 Å². The fourth-order valence-electron chi connectivity index (χ4n) is 4.04. The van der Waals surface area contributed by atoms with Crippen LogP contribution >= 0.6 is 0 Å². The van der Waals surface area contributed by atoms with E-state index in [0.717, 1.165) is 29.7 Å². The van der Waals surface area contributed by atoms with Gasteiger partial charge in [-0.15, -0.1) is 0 Å². The van der Waals surface area contributed by atoms with Crippen molar-refractivity contribution in [3.8, 4) is 17.2 Å². The minimum absolute atomic E-state index is 0.0674. The van der Waals surface area contributed by atoms with Gasteiger partial charge in [0.1, 0.15) is 11.8 Å². The van der Waals surface area contributed by atoms with Crippen molar-refractivity contribution in [3.05, 3.63) is 53.6 Å². The van der Waals surface area contributed by atoms with Crippen molar-refractivity contribution in [3.63, 3.8) is 0 Å². The van der Waals surface area contributed by atoms with E-state index < -0.39 is 6.04 Å². The molecule has 7 heteroatoms. The van der Waals surface area contributed by atoms with E-state index >= 15 is 0 Å². The van der Waals surface area contributed by atoms with Crippen LogP contribution in [0.1, 0.15) is 64.5 Å². The number of carbonyl (C=O) groups is 2. The van der Waals surface area contributed by atoms with Gasteiger partial charge < -0.3 is 24.4 Å². The fourth-order valence-corrected chi connectivity index (χ4v) is 4.04. The third-order valence-corrected chi connectivity index (χ3v) is 5.94. The lowest BCUT2D eigenvalue weighted by Gasteiger charge is -2.31. The van der Waals surface area contributed by atoms with Crippen LogP contribution in [-0.2, 0) is 22.6 Å². The second-order valence-electron chi connectivity index (χ2n) is 8.59. The van der Waals surface area contributed by atoms with Gasteiger partial charge in [-0.25, -0.2) is 0 Å². The smallest absolute Gasteiger partial charge is 0.242 e. The van der Waals surface area contributed by atoms with Gasteiger partial charge in [-0.1, -0.05) is 38.5 Å². The normalized spacial score (nSPS) is 11.5. The third kappa shape index (κ3) is 8.77. The highest BCUT2D eigenvalue weighted by atomic mass is 16.5. The van der Waals surface area contributed by atoms with Crippen LogP contribution in [0.2, 0.25) is 0 Å². The first kappa shape index (κ1) is 29.0. The number of unbranched alkanes of at least 4 members (excludes halogenated alkanes) is 1. The van der Waals surface area contributed by atoms with Crippen molar-refractivity contribution in [1.29, 1.82) is 0 Å². The van der Waals surface area contributed by atoms with Crippen molar-refractivity contribution < 1.29 is 23.8 Å². The number of hydrogen-bond acceptors (Lipinski definition) is 5. The van der Waals surface area contributed by atoms with Crippen LogP contribution in [-0.4, -0.2) is 49.6 Å². The van der Waals surface area contributed by atoms with Gasteiger partial charge in [-0.05, 0) is 68.5 Å². The van der Waals surface area contributed by atoms with Crippen LogP contribution in [0.15, 0.2) is 42.5 Å². The maximum Gasteiger partial charge on any atom is 0.242 e. The summed E-state index contributed by atoms with van der Waals surface area (Å²) in [6.45, 7) is 9.91. The van der Waals surface area contributed by atoms with Crippen LogP contribution in [0.3, 0.4) is 0 Å². The molecule has 0 bridgehead atoms. The van der Waals surface area contributed by atoms with E-state index in [0.29, 0.717) is 50.6 Å². The number of ether oxygens (including phenoxy) is 3. The number of benzene rings is 2. The lowest BCUT2D eigenvalue weighted by atomic mass is 10.1. The first-order chi connectivity index (χ1) is 17.5. The van der Waals surface area contributed by atoms with E-state index in [-0.39, 0.29) is 18.2 Å². The number of rotatable bonds is 16. The zero-order valence-corrected chi connectivity index (χ0v) is 22.5. The molecule has 198 valence electrons. The quantitative estimate of drug-likeness (QED) is 0.324. The molecule has 7 nitrogen and oxygen atoms in total. The standard InChI is InChI=1S/C29H42N2O5/c1-6-10-18-30-29(33)25(7-2)31(21-23-12-11-13-24(19-23)34-5)28(32)17-15-22-14-16-26(35-8-3)27(20-22)36-9-4/h11-14,16,19-20,25H,6-10,15,17-18,21H2,1-5H3,(H,30,33)/t25-/m0/s1. The molecule has 0 heterocycles. The number of amides is 2. The molecule has 2 aromatic carbocycles. The summed E-state index contributed by atoms with van der Waals surface area (Å²) in [5.74, 6) is 1.92. The number of nitrogens with zero attached hydrogens (tertiary/aromatic N) is 1. The van der Waals surface area contributed by atoms with Gasteiger partial charge in [0.25, 0.3) is 0 Å². The summed E-state index contributed by atoms with van der Waals surface area (Å²) < 4.78 is 16.7. The molecule has 0 aliphatic rings. The Kier molecular flexibility index (Phi) is 12.7. The Hall–Kier alpha value is -3.22. The minimum atomic E-state index is -0.542. The van der Waals surface area contributed by atoms with Crippen molar-refractivity contribution in [2.75, 3.05) is 26.9 Å². The Morgan fingerprint density at radius 1 is 0.944 bits per heavy atom. The molecular formula is C29H42N2O5. The maximum atomic E-state index is 13.5. The van der Waals surface area contributed by atoms with Crippen molar-refractivity contribution in [2.24, 2.45) is 0 Å². The molecule has 1 atom stereocenters. The summed E-state index contributed by atoms with van der Waals surface area (Å²) in [6.07, 6.45) is 3.25. The van der Waals surface area contributed by atoms with Gasteiger partial charge in [0.05, 0.1) is 20.3 Å². The van der Waals surface area contributed by atoms with E-state index in [1.807, 2.05) is 63.2 Å². The molecule has 0 aromatic heterocycles. The number of aryl methyl sites for hydroxylation is 1. The van der Waals surface area contributed by atoms with Gasteiger partial charge in [0.15, 0.2) is 11.5 Å². The molecule has 0 fully saturated rings. The summed E-state index contributed by atoms with van der Waals surface area (Å²) in [4.78, 5) is 28.3. The molecule has 0 saturated carbocycles. The van der Waals surface area contributed by atoms with E-state index in [9.17, 15) is 9.59 Å². The average Bonchev–Trinajstić information content (AvgIpc) is 2.89. The Bertz CT molecular complexity index is 962. The van der Waals surface area contributed by atoms with Crippen LogP contribution in [0, 0.1) is 0 Å². The summed E-state index contributed by atoms with van der Waals surface area (Å²) in [5.41, 5.74) is 1.90. The SMILES string of the molecule is CCCCNC(=O)[C@H](CC)N(Cc1cccc(OC)c1)C(=O)CCc1ccc(OCC)c(OCC)c1. The summed E-state index contributed by atoms with van der Waals surface area (Å²) in [5, 5.41) is 3.00. The second-order valence-corrected chi connectivity index (χ2v) is 8.59. The van der Waals surface area contributed by atoms with Gasteiger partial charge >= 0.3 is 0 Å². The second kappa shape index (κ2) is 15.7. The highest BCUT2D eigenvalue weighted by Gasteiger charge is 2.28. The van der Waals surface area contributed by atoms with Crippen LogP contribution in [0.4, 0.5) is 0 Å². The van der Waals surface area contributed by atoms with Crippen molar-refractivity contribution >= 4 is 11.8 Å². The summed E-state index contributed by atoms with van der Waals surface area (Å²) in [6, 6.07) is 12.9. The molecule has 0 spiro atoms. The molecule has 0 unspecified atom stereocenters. The first-order valence-corrected chi connectivity index (χ1v) is 13.1. The number of hydrogen-bond donors (Lipinski definition) is 1. The molecule has 1 N–H and O–H groups in total. The molecule has 2 amide bonds. The van der Waals surface area contributed by atoms with Gasteiger partial charge in [0, 0.05) is 19.5 Å². The largest absolute Gasteiger partial charge is 0.497 e. The van der Waals surface area contributed by atoms with Crippen LogP contribution in [0.5, 0.6) is 17.2 Å². The van der Waals surface area contributed by atoms with Gasteiger partial charge in [-0.3, -0.25) is 9.59 Å². The Morgan fingerprint density at radius 3 is 2.36 bits per heavy atom. The molecule has 0 radical (unpaired) electrons. The fraction of sp³-hybridized carbons (Fsp3) is 0.517. The number of nitrogens with one attached hydrogen (secondary N) is 1. The summed E-state index contributed by atoms with van der Waals surface area (Å²) in [7, 11) is 1.62. The van der Waals surface area contributed by atoms with E-state index in [1.54, 1.807) is 12.0 Å².